The number of aromatic nitrogens is 2. The van der Waals surface area contributed by atoms with Crippen LogP contribution in [0.2, 0.25) is 5.02 Å². The third kappa shape index (κ3) is 3.06. The van der Waals surface area contributed by atoms with Gasteiger partial charge in [-0.25, -0.2) is 0 Å². The molecule has 1 saturated heterocycles. The van der Waals surface area contributed by atoms with Crippen molar-refractivity contribution in [2.24, 2.45) is 0 Å². The molecule has 0 aliphatic carbocycles. The summed E-state index contributed by atoms with van der Waals surface area (Å²) in [5.41, 5.74) is 2.57. The summed E-state index contributed by atoms with van der Waals surface area (Å²) < 4.78 is 7.84. The van der Waals surface area contributed by atoms with E-state index in [4.69, 9.17) is 16.3 Å². The van der Waals surface area contributed by atoms with Crippen molar-refractivity contribution in [3.63, 3.8) is 0 Å². The fraction of sp³-hybridized carbons (Fsp3) is 0.444. The average Bonchev–Trinajstić information content (AvgIpc) is 3.05. The number of carbonyl (C=O) groups is 1. The van der Waals surface area contributed by atoms with Crippen LogP contribution in [0.3, 0.4) is 0 Å². The fourth-order valence-corrected chi connectivity index (χ4v) is 3.49. The quantitative estimate of drug-likeness (QED) is 0.837. The molecule has 0 radical (unpaired) electrons. The zero-order valence-electron chi connectivity index (χ0n) is 13.4. The molecule has 2 aliphatic heterocycles. The van der Waals surface area contributed by atoms with Crippen LogP contribution in [-0.2, 0) is 17.9 Å². The first-order chi connectivity index (χ1) is 11.7. The maximum Gasteiger partial charge on any atom is 0.274 e. The molecule has 1 amide bonds. The zero-order chi connectivity index (χ0) is 16.5. The molecular formula is C18H20ClN3O2. The van der Waals surface area contributed by atoms with Gasteiger partial charge in [0.2, 0.25) is 0 Å². The first-order valence-corrected chi connectivity index (χ1v) is 8.81. The molecule has 5 nitrogen and oxygen atoms in total. The van der Waals surface area contributed by atoms with Crippen LogP contribution in [0.1, 0.15) is 47.1 Å². The molecule has 0 N–H and O–H groups in total. The summed E-state index contributed by atoms with van der Waals surface area (Å²) in [6.45, 7) is 2.76. The minimum Gasteiger partial charge on any atom is -0.365 e. The lowest BCUT2D eigenvalue weighted by molar-refractivity contribution is -0.00121. The monoisotopic (exact) mass is 345 g/mol. The van der Waals surface area contributed by atoms with Gasteiger partial charge in [0, 0.05) is 18.1 Å². The second-order valence-corrected chi connectivity index (χ2v) is 6.84. The first-order valence-electron chi connectivity index (χ1n) is 8.44. The summed E-state index contributed by atoms with van der Waals surface area (Å²) >= 11 is 5.94. The van der Waals surface area contributed by atoms with E-state index in [0.717, 1.165) is 37.2 Å². The lowest BCUT2D eigenvalue weighted by Gasteiger charge is -2.25. The Morgan fingerprint density at radius 3 is 2.67 bits per heavy atom. The highest BCUT2D eigenvalue weighted by Gasteiger charge is 2.26. The predicted molar refractivity (Wildman–Crippen MR) is 91.0 cm³/mol. The smallest absolute Gasteiger partial charge is 0.274 e. The number of hydrogen-bond acceptors (Lipinski definition) is 3. The molecule has 0 bridgehead atoms. The first kappa shape index (κ1) is 15.7. The van der Waals surface area contributed by atoms with Gasteiger partial charge in [-0.15, -0.1) is 0 Å². The van der Waals surface area contributed by atoms with E-state index in [0.29, 0.717) is 23.9 Å². The van der Waals surface area contributed by atoms with E-state index in [2.05, 4.69) is 5.10 Å². The summed E-state index contributed by atoms with van der Waals surface area (Å²) in [4.78, 5) is 14.5. The van der Waals surface area contributed by atoms with E-state index in [1.54, 1.807) is 0 Å². The SMILES string of the molecule is O=C(c1cc2n(n1)C[C@@H](c1ccc(Cl)cc1)OC2)N1CCCCC1. The molecule has 1 fully saturated rings. The standard InChI is InChI=1S/C18H20ClN3O2/c19-14-6-4-13(5-7-14)17-11-22-15(12-24-17)10-16(20-22)18(23)21-8-2-1-3-9-21/h4-7,10,17H,1-3,8-9,11-12H2/t17-/m0/s1. The average molecular weight is 346 g/mol. The summed E-state index contributed by atoms with van der Waals surface area (Å²) in [5, 5.41) is 5.25. The van der Waals surface area contributed by atoms with Crippen LogP contribution in [0, 0.1) is 0 Å². The minimum absolute atomic E-state index is 0.0413. The number of nitrogens with zero attached hydrogens (tertiary/aromatic N) is 3. The van der Waals surface area contributed by atoms with Gasteiger partial charge in [-0.05, 0) is 43.0 Å². The molecule has 2 aliphatic rings. The maximum absolute atomic E-state index is 12.6. The van der Waals surface area contributed by atoms with Gasteiger partial charge in [-0.2, -0.15) is 5.10 Å². The molecule has 1 atom stereocenters. The summed E-state index contributed by atoms with van der Waals surface area (Å²) in [6, 6.07) is 9.55. The number of benzene rings is 1. The Kier molecular flexibility index (Phi) is 4.29. The largest absolute Gasteiger partial charge is 0.365 e. The number of piperidine rings is 1. The Morgan fingerprint density at radius 2 is 1.92 bits per heavy atom. The van der Waals surface area contributed by atoms with Crippen LogP contribution >= 0.6 is 11.6 Å². The molecule has 0 spiro atoms. The number of hydrogen-bond donors (Lipinski definition) is 0. The molecular weight excluding hydrogens is 326 g/mol. The van der Waals surface area contributed by atoms with Crippen LogP contribution in [0.4, 0.5) is 0 Å². The molecule has 3 heterocycles. The Labute approximate surface area is 146 Å². The second-order valence-electron chi connectivity index (χ2n) is 6.41. The summed E-state index contributed by atoms with van der Waals surface area (Å²) in [7, 11) is 0. The topological polar surface area (TPSA) is 47.4 Å². The molecule has 0 unspecified atom stereocenters. The van der Waals surface area contributed by atoms with E-state index < -0.39 is 0 Å². The van der Waals surface area contributed by atoms with Gasteiger partial charge < -0.3 is 9.64 Å². The molecule has 4 rings (SSSR count). The van der Waals surface area contributed by atoms with Crippen molar-refractivity contribution < 1.29 is 9.53 Å². The van der Waals surface area contributed by atoms with Crippen molar-refractivity contribution in [2.75, 3.05) is 13.1 Å². The Hall–Kier alpha value is -1.85. The number of ether oxygens (including phenoxy) is 1. The number of halogens is 1. The Bertz CT molecular complexity index is 735. The number of likely N-dealkylation sites (tertiary alicyclic amines) is 1. The lowest BCUT2D eigenvalue weighted by atomic mass is 10.1. The number of amides is 1. The zero-order valence-corrected chi connectivity index (χ0v) is 14.2. The Balaban J connectivity index is 1.51. The van der Waals surface area contributed by atoms with Crippen molar-refractivity contribution in [2.45, 2.75) is 38.5 Å². The van der Waals surface area contributed by atoms with Crippen molar-refractivity contribution in [1.29, 1.82) is 0 Å². The second kappa shape index (κ2) is 6.57. The van der Waals surface area contributed by atoms with E-state index in [-0.39, 0.29) is 12.0 Å². The molecule has 6 heteroatoms. The van der Waals surface area contributed by atoms with Crippen LogP contribution in [0.25, 0.3) is 0 Å². The highest BCUT2D eigenvalue weighted by Crippen LogP contribution is 2.27. The van der Waals surface area contributed by atoms with Crippen molar-refractivity contribution in [3.8, 4) is 0 Å². The van der Waals surface area contributed by atoms with Gasteiger partial charge in [0.1, 0.15) is 6.10 Å². The van der Waals surface area contributed by atoms with Crippen LogP contribution < -0.4 is 0 Å². The number of rotatable bonds is 2. The Morgan fingerprint density at radius 1 is 1.17 bits per heavy atom. The fourth-order valence-electron chi connectivity index (χ4n) is 3.37. The minimum atomic E-state index is -0.0624. The molecule has 126 valence electrons. The number of carbonyl (C=O) groups excluding carboxylic acids is 1. The van der Waals surface area contributed by atoms with Crippen LogP contribution in [0.15, 0.2) is 30.3 Å². The van der Waals surface area contributed by atoms with Gasteiger partial charge in [-0.1, -0.05) is 23.7 Å². The van der Waals surface area contributed by atoms with E-state index in [1.807, 2.05) is 39.9 Å². The maximum atomic E-state index is 12.6. The van der Waals surface area contributed by atoms with Crippen molar-refractivity contribution in [1.82, 2.24) is 14.7 Å². The van der Waals surface area contributed by atoms with Gasteiger partial charge >= 0.3 is 0 Å². The lowest BCUT2D eigenvalue weighted by Crippen LogP contribution is -2.35. The third-order valence-corrected chi connectivity index (χ3v) is 4.99. The van der Waals surface area contributed by atoms with Gasteiger partial charge in [0.15, 0.2) is 5.69 Å². The van der Waals surface area contributed by atoms with Gasteiger partial charge in [0.05, 0.1) is 18.8 Å². The molecule has 2 aromatic rings. The van der Waals surface area contributed by atoms with Crippen molar-refractivity contribution in [3.05, 3.63) is 52.3 Å². The molecule has 24 heavy (non-hydrogen) atoms. The normalized spacial score (nSPS) is 20.7. The molecule has 0 saturated carbocycles. The summed E-state index contributed by atoms with van der Waals surface area (Å²) in [6.07, 6.45) is 3.31. The van der Waals surface area contributed by atoms with Gasteiger partial charge in [0.25, 0.3) is 5.91 Å². The molecule has 1 aromatic heterocycles. The van der Waals surface area contributed by atoms with Crippen LogP contribution in [-0.4, -0.2) is 33.7 Å². The molecule has 1 aromatic carbocycles. The van der Waals surface area contributed by atoms with E-state index in [9.17, 15) is 4.79 Å². The predicted octanol–water partition coefficient (Wildman–Crippen LogP) is 3.43. The highest BCUT2D eigenvalue weighted by molar-refractivity contribution is 6.30. The van der Waals surface area contributed by atoms with Gasteiger partial charge in [-0.3, -0.25) is 9.48 Å². The highest BCUT2D eigenvalue weighted by atomic mass is 35.5. The van der Waals surface area contributed by atoms with E-state index >= 15 is 0 Å². The van der Waals surface area contributed by atoms with Crippen LogP contribution in [0.5, 0.6) is 0 Å². The van der Waals surface area contributed by atoms with E-state index in [1.165, 1.54) is 6.42 Å². The third-order valence-electron chi connectivity index (χ3n) is 4.74. The number of fused-ring (bicyclic) bond motifs is 1. The summed E-state index contributed by atoms with van der Waals surface area (Å²) in [5.74, 6) is 0.0413. The van der Waals surface area contributed by atoms with Crippen molar-refractivity contribution >= 4 is 17.5 Å².